The fraction of sp³-hybridized carbons (Fsp3) is 0.500. The number of ether oxygens (including phenoxy) is 2. The van der Waals surface area contributed by atoms with Crippen LogP contribution in [0.15, 0.2) is 48.5 Å². The number of hydrogen-bond donors (Lipinski definition) is 1. The van der Waals surface area contributed by atoms with Crippen LogP contribution in [0.5, 0.6) is 5.75 Å². The lowest BCUT2D eigenvalue weighted by Crippen LogP contribution is -2.62. The second kappa shape index (κ2) is 12.1. The van der Waals surface area contributed by atoms with E-state index >= 15 is 0 Å². The molecule has 8 heteroatoms. The molecule has 0 radical (unpaired) electrons. The zero-order chi connectivity index (χ0) is 27.3. The second-order valence-electron chi connectivity index (χ2n) is 10.8. The molecule has 1 spiro atoms. The smallest absolute Gasteiger partial charge is 0.253 e. The number of rotatable bonds is 8. The molecule has 38 heavy (non-hydrogen) atoms. The molecule has 1 atom stereocenters. The van der Waals surface area contributed by atoms with E-state index in [-0.39, 0.29) is 30.2 Å². The molecule has 2 amide bonds. The molecule has 0 bridgehead atoms. The number of morpholine rings is 1. The van der Waals surface area contributed by atoms with Crippen molar-refractivity contribution in [3.63, 3.8) is 0 Å². The van der Waals surface area contributed by atoms with Gasteiger partial charge in [-0.25, -0.2) is 0 Å². The maximum Gasteiger partial charge on any atom is 0.253 e. The van der Waals surface area contributed by atoms with E-state index in [2.05, 4.69) is 22.3 Å². The number of ketones is 1. The lowest BCUT2D eigenvalue weighted by molar-refractivity contribution is -0.184. The van der Waals surface area contributed by atoms with E-state index in [0.717, 1.165) is 11.3 Å². The minimum absolute atomic E-state index is 0.00687. The minimum atomic E-state index is -0.676. The largest absolute Gasteiger partial charge is 0.491 e. The number of carbonyl (C=O) groups is 3. The van der Waals surface area contributed by atoms with Gasteiger partial charge in [0.1, 0.15) is 17.6 Å². The number of benzene rings is 2. The molecule has 204 valence electrons. The number of piperidine rings is 1. The van der Waals surface area contributed by atoms with E-state index < -0.39 is 11.7 Å². The Labute approximate surface area is 225 Å². The second-order valence-corrected chi connectivity index (χ2v) is 10.8. The predicted octanol–water partition coefficient (Wildman–Crippen LogP) is 3.36. The van der Waals surface area contributed by atoms with Gasteiger partial charge < -0.3 is 19.7 Å². The monoisotopic (exact) mass is 521 g/mol. The summed E-state index contributed by atoms with van der Waals surface area (Å²) in [5.41, 5.74) is 2.21. The van der Waals surface area contributed by atoms with Gasteiger partial charge in [-0.2, -0.15) is 0 Å². The van der Waals surface area contributed by atoms with Crippen molar-refractivity contribution < 1.29 is 23.9 Å². The third-order valence-corrected chi connectivity index (χ3v) is 7.13. The molecule has 2 aliphatic rings. The highest BCUT2D eigenvalue weighted by Gasteiger charge is 2.45. The molecule has 1 N–H and O–H groups in total. The average molecular weight is 522 g/mol. The highest BCUT2D eigenvalue weighted by atomic mass is 16.5. The summed E-state index contributed by atoms with van der Waals surface area (Å²) in [4.78, 5) is 41.8. The first-order valence-electron chi connectivity index (χ1n) is 13.4. The van der Waals surface area contributed by atoms with E-state index in [9.17, 15) is 14.4 Å². The molecule has 4 rings (SSSR count). The molecule has 0 aromatic heterocycles. The first kappa shape index (κ1) is 27.8. The first-order chi connectivity index (χ1) is 18.1. The summed E-state index contributed by atoms with van der Waals surface area (Å²) in [6.45, 7) is 10.3. The number of amides is 2. The molecule has 2 heterocycles. The number of aryl methyl sites for hydroxylation is 1. The number of hydrogen-bond acceptors (Lipinski definition) is 6. The molecule has 2 saturated heterocycles. The number of Topliss-reactive ketones (excluding diaryl/α,β-unsaturated/α-hetero) is 1. The van der Waals surface area contributed by atoms with Crippen LogP contribution in [-0.4, -0.2) is 77.9 Å². The first-order valence-corrected chi connectivity index (χ1v) is 13.4. The number of carbonyl (C=O) groups excluding carboxylic acids is 3. The van der Waals surface area contributed by atoms with Crippen LogP contribution in [0.3, 0.4) is 0 Å². The normalized spacial score (nSPS) is 19.4. The fourth-order valence-corrected chi connectivity index (χ4v) is 5.25. The molecule has 2 aromatic rings. The molecular formula is C30H39N3O5. The van der Waals surface area contributed by atoms with Crippen molar-refractivity contribution in [2.45, 2.75) is 64.9 Å². The van der Waals surface area contributed by atoms with Crippen molar-refractivity contribution in [1.82, 2.24) is 15.1 Å². The summed E-state index contributed by atoms with van der Waals surface area (Å²) in [5.74, 6) is 0.412. The Balaban J connectivity index is 1.45. The Bertz CT molecular complexity index is 1140. The van der Waals surface area contributed by atoms with Crippen molar-refractivity contribution in [1.29, 1.82) is 0 Å². The summed E-state index contributed by atoms with van der Waals surface area (Å²) in [7, 11) is 0. The highest BCUT2D eigenvalue weighted by molar-refractivity contribution is 5.94. The molecule has 0 saturated carbocycles. The van der Waals surface area contributed by atoms with Crippen molar-refractivity contribution in [2.24, 2.45) is 0 Å². The third-order valence-electron chi connectivity index (χ3n) is 7.13. The Hall–Kier alpha value is -3.23. The number of nitrogens with one attached hydrogen (secondary N) is 1. The van der Waals surface area contributed by atoms with Gasteiger partial charge in [0.15, 0.2) is 0 Å². The third kappa shape index (κ3) is 6.99. The number of nitrogens with zero attached hydrogens (tertiary/aromatic N) is 2. The van der Waals surface area contributed by atoms with Crippen molar-refractivity contribution >= 4 is 17.6 Å². The van der Waals surface area contributed by atoms with Crippen LogP contribution in [-0.2, 0) is 20.9 Å². The quantitative estimate of drug-likeness (QED) is 0.573. The summed E-state index contributed by atoms with van der Waals surface area (Å²) in [5, 5.41) is 2.71. The molecule has 1 unspecified atom stereocenters. The molecule has 2 aliphatic heterocycles. The molecule has 0 aliphatic carbocycles. The van der Waals surface area contributed by atoms with Gasteiger partial charge in [-0.3, -0.25) is 19.3 Å². The Morgan fingerprint density at radius 3 is 2.45 bits per heavy atom. The lowest BCUT2D eigenvalue weighted by atomic mass is 9.87. The average Bonchev–Trinajstić information content (AvgIpc) is 2.88. The zero-order valence-electron chi connectivity index (χ0n) is 22.9. The summed E-state index contributed by atoms with van der Waals surface area (Å²) in [6, 6.07) is 15.7. The van der Waals surface area contributed by atoms with Crippen LogP contribution in [0.25, 0.3) is 0 Å². The standard InChI is InChI=1S/C30H39N3O5/c1-21(2)37-26-11-10-25(16-22(26)3)29(36)33-14-12-30(13-15-33)20-32(18-24-8-6-5-7-9-24)19-27(38-30)28(35)31-17-23(4)34/h5-11,16,21,27H,12-15,17-20H2,1-4H3,(H,31,35). The Morgan fingerprint density at radius 1 is 1.11 bits per heavy atom. The van der Waals surface area contributed by atoms with Gasteiger partial charge in [0, 0.05) is 38.3 Å². The van der Waals surface area contributed by atoms with Crippen LogP contribution >= 0.6 is 0 Å². The van der Waals surface area contributed by atoms with Crippen LogP contribution in [0, 0.1) is 6.92 Å². The van der Waals surface area contributed by atoms with Gasteiger partial charge in [-0.05, 0) is 69.9 Å². The molecule has 8 nitrogen and oxygen atoms in total. The maximum absolute atomic E-state index is 13.3. The van der Waals surface area contributed by atoms with Crippen molar-refractivity contribution in [3.05, 3.63) is 65.2 Å². The van der Waals surface area contributed by atoms with Crippen molar-refractivity contribution in [3.8, 4) is 5.75 Å². The van der Waals surface area contributed by atoms with Gasteiger partial charge >= 0.3 is 0 Å². The highest BCUT2D eigenvalue weighted by Crippen LogP contribution is 2.34. The Kier molecular flexibility index (Phi) is 8.84. The summed E-state index contributed by atoms with van der Waals surface area (Å²) in [6.07, 6.45) is 0.659. The molecular weight excluding hydrogens is 482 g/mol. The van der Waals surface area contributed by atoms with Crippen LogP contribution < -0.4 is 10.1 Å². The topological polar surface area (TPSA) is 88.2 Å². The summed E-state index contributed by atoms with van der Waals surface area (Å²) >= 11 is 0. The molecule has 2 aromatic carbocycles. The van der Waals surface area contributed by atoms with E-state index in [1.807, 2.05) is 62.1 Å². The van der Waals surface area contributed by atoms with E-state index in [0.29, 0.717) is 51.1 Å². The van der Waals surface area contributed by atoms with Gasteiger partial charge in [-0.15, -0.1) is 0 Å². The van der Waals surface area contributed by atoms with E-state index in [1.54, 1.807) is 0 Å². The van der Waals surface area contributed by atoms with Crippen molar-refractivity contribution in [2.75, 3.05) is 32.7 Å². The van der Waals surface area contributed by atoms with Crippen LogP contribution in [0.1, 0.15) is 55.1 Å². The SMILES string of the molecule is CC(=O)CNC(=O)C1CN(Cc2ccccc2)CC2(CCN(C(=O)c3ccc(OC(C)C)c(C)c3)CC2)O1. The summed E-state index contributed by atoms with van der Waals surface area (Å²) < 4.78 is 12.3. The maximum atomic E-state index is 13.3. The van der Waals surface area contributed by atoms with Gasteiger partial charge in [0.25, 0.3) is 11.8 Å². The van der Waals surface area contributed by atoms with Crippen LogP contribution in [0.2, 0.25) is 0 Å². The molecule has 2 fully saturated rings. The van der Waals surface area contributed by atoms with E-state index in [4.69, 9.17) is 9.47 Å². The van der Waals surface area contributed by atoms with Gasteiger partial charge in [0.2, 0.25) is 0 Å². The minimum Gasteiger partial charge on any atom is -0.491 e. The predicted molar refractivity (Wildman–Crippen MR) is 145 cm³/mol. The van der Waals surface area contributed by atoms with E-state index in [1.165, 1.54) is 12.5 Å². The fourth-order valence-electron chi connectivity index (χ4n) is 5.25. The van der Waals surface area contributed by atoms with Gasteiger partial charge in [0.05, 0.1) is 18.2 Å². The lowest BCUT2D eigenvalue weighted by Gasteiger charge is -2.49. The number of likely N-dealkylation sites (tertiary alicyclic amines) is 1. The van der Waals surface area contributed by atoms with Crippen LogP contribution in [0.4, 0.5) is 0 Å². The Morgan fingerprint density at radius 2 is 1.82 bits per heavy atom. The zero-order valence-corrected chi connectivity index (χ0v) is 22.9. The van der Waals surface area contributed by atoms with Gasteiger partial charge in [-0.1, -0.05) is 30.3 Å².